The number of aliphatic hydroxyl groups is 1. The normalized spacial score (nSPS) is 23.9. The van der Waals surface area contributed by atoms with Crippen LogP contribution in [-0.2, 0) is 4.79 Å². The smallest absolute Gasteiger partial charge is 0.167 e. The Balaban J connectivity index is 2.84. The lowest BCUT2D eigenvalue weighted by Gasteiger charge is -1.88. The quantitative estimate of drug-likeness (QED) is 0.326. The van der Waals surface area contributed by atoms with E-state index in [9.17, 15) is 4.79 Å². The number of azide groups is 1. The van der Waals surface area contributed by atoms with Crippen LogP contribution in [0, 0.1) is 0 Å². The number of hydrogen-bond acceptors (Lipinski definition) is 3. The van der Waals surface area contributed by atoms with Gasteiger partial charge in [0.1, 0.15) is 0 Å². The maximum Gasteiger partial charge on any atom is 0.167 e. The molecule has 0 heterocycles. The van der Waals surface area contributed by atoms with E-state index in [2.05, 4.69) is 10.0 Å². The molecule has 52 valence electrons. The van der Waals surface area contributed by atoms with Crippen molar-refractivity contribution in [2.75, 3.05) is 0 Å². The van der Waals surface area contributed by atoms with Crippen LogP contribution < -0.4 is 0 Å². The SMILES string of the molecule is [N-]=[N+]=NC1=CC(O)CC1=O. The van der Waals surface area contributed by atoms with Crippen molar-refractivity contribution in [3.8, 4) is 0 Å². The highest BCUT2D eigenvalue weighted by Gasteiger charge is 2.20. The van der Waals surface area contributed by atoms with Crippen LogP contribution in [0.5, 0.6) is 0 Å². The first-order valence-corrected chi connectivity index (χ1v) is 2.72. The molecule has 0 radical (unpaired) electrons. The van der Waals surface area contributed by atoms with Gasteiger partial charge in [0.15, 0.2) is 5.78 Å². The molecule has 0 bridgehead atoms. The van der Waals surface area contributed by atoms with E-state index in [4.69, 9.17) is 10.6 Å². The average Bonchev–Trinajstić information content (AvgIpc) is 2.13. The first kappa shape index (κ1) is 6.80. The monoisotopic (exact) mass is 139 g/mol. The summed E-state index contributed by atoms with van der Waals surface area (Å²) in [5.41, 5.74) is 7.94. The average molecular weight is 139 g/mol. The van der Waals surface area contributed by atoms with Gasteiger partial charge in [-0.1, -0.05) is 5.11 Å². The summed E-state index contributed by atoms with van der Waals surface area (Å²) in [5, 5.41) is 11.9. The van der Waals surface area contributed by atoms with Gasteiger partial charge >= 0.3 is 0 Å². The second kappa shape index (κ2) is 2.51. The number of rotatable bonds is 1. The van der Waals surface area contributed by atoms with E-state index in [1.54, 1.807) is 0 Å². The van der Waals surface area contributed by atoms with Crippen LogP contribution in [0.4, 0.5) is 0 Å². The number of carbonyl (C=O) groups is 1. The third kappa shape index (κ3) is 1.15. The van der Waals surface area contributed by atoms with E-state index in [-0.39, 0.29) is 17.9 Å². The number of ketones is 1. The Bertz CT molecular complexity index is 239. The largest absolute Gasteiger partial charge is 0.389 e. The molecule has 10 heavy (non-hydrogen) atoms. The van der Waals surface area contributed by atoms with Crippen molar-refractivity contribution in [1.29, 1.82) is 0 Å². The van der Waals surface area contributed by atoms with Crippen molar-refractivity contribution in [2.45, 2.75) is 12.5 Å². The molecule has 1 aliphatic rings. The Morgan fingerprint density at radius 2 is 2.60 bits per heavy atom. The molecule has 0 saturated heterocycles. The lowest BCUT2D eigenvalue weighted by molar-refractivity contribution is -0.115. The fourth-order valence-corrected chi connectivity index (χ4v) is 0.766. The number of allylic oxidation sites excluding steroid dienone is 1. The standard InChI is InChI=1S/C5H5N3O2/c6-8-7-4-1-3(9)2-5(4)10/h1,3,9H,2H2. The molecule has 0 aliphatic heterocycles. The molecule has 5 nitrogen and oxygen atoms in total. The number of Topliss-reactive ketones (excluding diaryl/α,β-unsaturated/α-hetero) is 1. The minimum Gasteiger partial charge on any atom is -0.389 e. The van der Waals surface area contributed by atoms with Crippen LogP contribution in [0.2, 0.25) is 0 Å². The number of hydrogen-bond donors (Lipinski definition) is 1. The summed E-state index contributed by atoms with van der Waals surface area (Å²) in [6, 6.07) is 0. The van der Waals surface area contributed by atoms with E-state index in [0.29, 0.717) is 0 Å². The van der Waals surface area contributed by atoms with Gasteiger partial charge in [-0.2, -0.15) is 0 Å². The summed E-state index contributed by atoms with van der Waals surface area (Å²) < 4.78 is 0. The highest BCUT2D eigenvalue weighted by molar-refractivity contribution is 5.97. The third-order valence-corrected chi connectivity index (χ3v) is 1.18. The summed E-state index contributed by atoms with van der Waals surface area (Å²) in [4.78, 5) is 13.1. The van der Waals surface area contributed by atoms with Gasteiger partial charge in [0.2, 0.25) is 0 Å². The van der Waals surface area contributed by atoms with Gasteiger partial charge in [0.05, 0.1) is 11.8 Å². The zero-order valence-electron chi connectivity index (χ0n) is 5.06. The molecule has 1 rings (SSSR count). The van der Waals surface area contributed by atoms with Crippen LogP contribution >= 0.6 is 0 Å². The summed E-state index contributed by atoms with van der Waals surface area (Å²) in [6.07, 6.45) is 0.518. The Morgan fingerprint density at radius 1 is 1.90 bits per heavy atom. The highest BCUT2D eigenvalue weighted by Crippen LogP contribution is 2.15. The van der Waals surface area contributed by atoms with E-state index < -0.39 is 6.10 Å². The van der Waals surface area contributed by atoms with Gasteiger partial charge in [-0.15, -0.1) is 0 Å². The summed E-state index contributed by atoms with van der Waals surface area (Å²) in [6.45, 7) is 0. The number of nitrogens with zero attached hydrogens (tertiary/aromatic N) is 3. The molecular formula is C5H5N3O2. The van der Waals surface area contributed by atoms with Gasteiger partial charge in [-0.25, -0.2) is 0 Å². The fourth-order valence-electron chi connectivity index (χ4n) is 0.766. The second-order valence-electron chi connectivity index (χ2n) is 1.94. The summed E-state index contributed by atoms with van der Waals surface area (Å²) in [7, 11) is 0. The van der Waals surface area contributed by atoms with Crippen molar-refractivity contribution in [2.24, 2.45) is 5.11 Å². The molecule has 0 spiro atoms. The molecule has 1 atom stereocenters. The first-order valence-electron chi connectivity index (χ1n) is 2.72. The molecule has 0 amide bonds. The highest BCUT2D eigenvalue weighted by atomic mass is 16.3. The van der Waals surface area contributed by atoms with Gasteiger partial charge in [0, 0.05) is 11.3 Å². The minimum atomic E-state index is -0.770. The van der Waals surface area contributed by atoms with E-state index in [1.165, 1.54) is 6.08 Å². The van der Waals surface area contributed by atoms with Crippen molar-refractivity contribution >= 4 is 5.78 Å². The lowest BCUT2D eigenvalue weighted by Crippen LogP contribution is -2.00. The fraction of sp³-hybridized carbons (Fsp3) is 0.400. The van der Waals surface area contributed by atoms with Crippen LogP contribution in [0.15, 0.2) is 16.9 Å². The molecule has 0 fully saturated rings. The van der Waals surface area contributed by atoms with E-state index in [0.717, 1.165) is 0 Å². The van der Waals surface area contributed by atoms with Crippen molar-refractivity contribution in [3.63, 3.8) is 0 Å². The molecular weight excluding hydrogens is 134 g/mol. The molecule has 0 aromatic rings. The van der Waals surface area contributed by atoms with E-state index in [1.807, 2.05) is 0 Å². The van der Waals surface area contributed by atoms with Crippen LogP contribution in [0.3, 0.4) is 0 Å². The minimum absolute atomic E-state index is 0.0231. The number of aliphatic hydroxyl groups excluding tert-OH is 1. The Labute approximate surface area is 56.6 Å². The molecule has 0 saturated carbocycles. The van der Waals surface area contributed by atoms with Gasteiger partial charge < -0.3 is 5.11 Å². The topological polar surface area (TPSA) is 86.1 Å². The Morgan fingerprint density at radius 3 is 3.00 bits per heavy atom. The van der Waals surface area contributed by atoms with Crippen molar-refractivity contribution < 1.29 is 9.90 Å². The van der Waals surface area contributed by atoms with Crippen LogP contribution in [-0.4, -0.2) is 17.0 Å². The first-order chi connectivity index (χ1) is 4.74. The molecule has 0 aromatic carbocycles. The molecule has 0 aromatic heterocycles. The third-order valence-electron chi connectivity index (χ3n) is 1.18. The van der Waals surface area contributed by atoms with Crippen molar-refractivity contribution in [1.82, 2.24) is 0 Å². The molecule has 1 aliphatic carbocycles. The lowest BCUT2D eigenvalue weighted by atomic mass is 10.3. The Hall–Kier alpha value is -1.32. The molecule has 1 N–H and O–H groups in total. The zero-order chi connectivity index (χ0) is 7.56. The Kier molecular flexibility index (Phi) is 1.71. The molecule has 1 unspecified atom stereocenters. The summed E-state index contributed by atoms with van der Waals surface area (Å²) in [5.74, 6) is -0.301. The predicted octanol–water partition coefficient (Wildman–Crippen LogP) is 0.514. The van der Waals surface area contributed by atoms with Crippen molar-refractivity contribution in [3.05, 3.63) is 22.2 Å². The molecule has 5 heteroatoms. The van der Waals surface area contributed by atoms with Crippen LogP contribution in [0.1, 0.15) is 6.42 Å². The van der Waals surface area contributed by atoms with Gasteiger partial charge in [-0.3, -0.25) is 4.79 Å². The van der Waals surface area contributed by atoms with Gasteiger partial charge in [-0.05, 0) is 11.6 Å². The van der Waals surface area contributed by atoms with Gasteiger partial charge in [0.25, 0.3) is 0 Å². The van der Waals surface area contributed by atoms with Crippen LogP contribution in [0.25, 0.3) is 10.4 Å². The number of carbonyl (C=O) groups excluding carboxylic acids is 1. The summed E-state index contributed by atoms with van der Waals surface area (Å²) >= 11 is 0. The second-order valence-corrected chi connectivity index (χ2v) is 1.94. The zero-order valence-corrected chi connectivity index (χ0v) is 5.06. The van der Waals surface area contributed by atoms with E-state index >= 15 is 0 Å². The predicted molar refractivity (Wildman–Crippen MR) is 32.9 cm³/mol. The maximum atomic E-state index is 10.7. The maximum absolute atomic E-state index is 10.7.